The van der Waals surface area contributed by atoms with Crippen molar-refractivity contribution in [3.8, 4) is 6.07 Å². The predicted octanol–water partition coefficient (Wildman–Crippen LogP) is 2.62. The van der Waals surface area contributed by atoms with Crippen molar-refractivity contribution >= 4 is 24.0 Å². The van der Waals surface area contributed by atoms with Gasteiger partial charge in [0.15, 0.2) is 5.60 Å². The third-order valence-corrected chi connectivity index (χ3v) is 9.13. The monoisotopic (exact) mass is 639 g/mol. The first-order chi connectivity index (χ1) is 20.0. The Balaban J connectivity index is 0.000000245. The molecule has 0 bridgehead atoms. The fraction of sp³-hybridized carbons (Fsp3) is 0.821. The number of nitrogens with one attached hydrogen (secondary N) is 3. The van der Waals surface area contributed by atoms with Gasteiger partial charge in [0, 0.05) is 18.0 Å². The van der Waals surface area contributed by atoms with Crippen LogP contribution in [0, 0.1) is 34.5 Å². The molecule has 4 rings (SSSR count). The zero-order valence-electron chi connectivity index (χ0n) is 25.4. The highest BCUT2D eigenvalue weighted by atomic mass is 19.4. The summed E-state index contributed by atoms with van der Waals surface area (Å²) in [6.45, 7) is 10.3. The third-order valence-electron chi connectivity index (χ3n) is 9.13. The molecule has 2 aliphatic carbocycles. The molecule has 0 aromatic heterocycles. The predicted molar refractivity (Wildman–Crippen MR) is 142 cm³/mol. The quantitative estimate of drug-likeness (QED) is 0.260. The fourth-order valence-corrected chi connectivity index (χ4v) is 6.40. The zero-order chi connectivity index (χ0) is 33.6. The molecule has 10 nitrogen and oxygen atoms in total. The maximum absolute atomic E-state index is 12.7. The van der Waals surface area contributed by atoms with Gasteiger partial charge in [0.05, 0.1) is 18.2 Å². The molecule has 7 atom stereocenters. The van der Waals surface area contributed by atoms with E-state index >= 15 is 0 Å². The minimum Gasteiger partial charge on any atom is -0.360 e. The molecule has 4 aliphatic rings. The van der Waals surface area contributed by atoms with E-state index in [1.807, 2.05) is 20.9 Å². The summed E-state index contributed by atoms with van der Waals surface area (Å²) in [4.78, 5) is 48.1. The van der Waals surface area contributed by atoms with Gasteiger partial charge in [-0.1, -0.05) is 13.8 Å². The van der Waals surface area contributed by atoms with E-state index in [9.17, 15) is 50.8 Å². The first-order valence-corrected chi connectivity index (χ1v) is 14.3. The number of amides is 3. The molecular formula is C28H39F6N5O5. The maximum atomic E-state index is 12.7. The second-order valence-electron chi connectivity index (χ2n) is 13.5. The van der Waals surface area contributed by atoms with Crippen LogP contribution in [0.5, 0.6) is 0 Å². The number of fused-ring (bicyclic) bond motifs is 1. The molecule has 4 fully saturated rings. The summed E-state index contributed by atoms with van der Waals surface area (Å²) in [6.07, 6.45) is -11.1. The van der Waals surface area contributed by atoms with Crippen molar-refractivity contribution in [2.45, 2.75) is 108 Å². The SMILES string of the molecule is CC(OC1(C(F)(F)F)CC1)C(C=O)NC(=O)C(F)(F)F.CN1CC2C(C1C(=O)NC(C#N)CC1CC(C)(C)NC1=O)C2(C)C. The minimum absolute atomic E-state index is 0.0177. The van der Waals surface area contributed by atoms with Crippen molar-refractivity contribution < 1.29 is 50.3 Å². The molecule has 7 unspecified atom stereocenters. The number of hydrogen-bond acceptors (Lipinski definition) is 7. The summed E-state index contributed by atoms with van der Waals surface area (Å²) in [5.74, 6) is -1.77. The van der Waals surface area contributed by atoms with Crippen LogP contribution >= 0.6 is 0 Å². The lowest BCUT2D eigenvalue weighted by atomic mass is 9.91. The molecular weight excluding hydrogens is 600 g/mol. The summed E-state index contributed by atoms with van der Waals surface area (Å²) in [7, 11) is 1.97. The van der Waals surface area contributed by atoms with Crippen LogP contribution in [-0.2, 0) is 23.9 Å². The van der Waals surface area contributed by atoms with Crippen molar-refractivity contribution in [2.24, 2.45) is 23.2 Å². The van der Waals surface area contributed by atoms with Crippen LogP contribution in [0.4, 0.5) is 26.3 Å². The lowest BCUT2D eigenvalue weighted by Crippen LogP contribution is -2.51. The van der Waals surface area contributed by atoms with Gasteiger partial charge in [0.1, 0.15) is 18.4 Å². The Morgan fingerprint density at radius 1 is 1.16 bits per heavy atom. The van der Waals surface area contributed by atoms with E-state index in [1.165, 1.54) is 5.32 Å². The number of piperidine rings is 1. The molecule has 2 heterocycles. The van der Waals surface area contributed by atoms with Gasteiger partial charge in [-0.15, -0.1) is 0 Å². The highest BCUT2D eigenvalue weighted by molar-refractivity contribution is 5.85. The lowest BCUT2D eigenvalue weighted by molar-refractivity contribution is -0.248. The Hall–Kier alpha value is -2.93. The number of halogens is 6. The number of carbonyl (C=O) groups excluding carboxylic acids is 4. The smallest absolute Gasteiger partial charge is 0.360 e. The van der Waals surface area contributed by atoms with E-state index in [-0.39, 0.29) is 53.9 Å². The first-order valence-electron chi connectivity index (χ1n) is 14.3. The summed E-state index contributed by atoms with van der Waals surface area (Å²) in [6, 6.07) is -0.423. The molecule has 0 aromatic carbocycles. The van der Waals surface area contributed by atoms with E-state index < -0.39 is 42.0 Å². The Labute approximate surface area is 251 Å². The number of nitriles is 1. The molecule has 44 heavy (non-hydrogen) atoms. The molecule has 0 aromatic rings. The molecule has 0 spiro atoms. The summed E-state index contributed by atoms with van der Waals surface area (Å²) < 4.78 is 78.4. The van der Waals surface area contributed by atoms with Gasteiger partial charge in [-0.3, -0.25) is 19.3 Å². The summed E-state index contributed by atoms with van der Waals surface area (Å²) >= 11 is 0. The zero-order valence-corrected chi connectivity index (χ0v) is 25.4. The molecule has 2 aliphatic heterocycles. The van der Waals surface area contributed by atoms with Gasteiger partial charge in [0.2, 0.25) is 11.8 Å². The largest absolute Gasteiger partial charge is 0.471 e. The molecule has 3 N–H and O–H groups in total. The number of likely N-dealkylation sites (tertiary alicyclic amines) is 1. The average Bonchev–Trinajstić information content (AvgIpc) is 3.67. The van der Waals surface area contributed by atoms with E-state index in [1.54, 1.807) is 0 Å². The van der Waals surface area contributed by atoms with E-state index in [0.29, 0.717) is 24.7 Å². The van der Waals surface area contributed by atoms with Crippen LogP contribution in [0.3, 0.4) is 0 Å². The molecule has 0 radical (unpaired) electrons. The Morgan fingerprint density at radius 3 is 2.16 bits per heavy atom. The molecule has 2 saturated heterocycles. The van der Waals surface area contributed by atoms with Crippen LogP contribution in [0.1, 0.15) is 60.3 Å². The molecule has 3 amide bonds. The van der Waals surface area contributed by atoms with Gasteiger partial charge in [0.25, 0.3) is 0 Å². The molecule has 2 saturated carbocycles. The number of alkyl halides is 6. The highest BCUT2D eigenvalue weighted by Gasteiger charge is 2.68. The Bertz CT molecular complexity index is 1180. The molecule has 16 heteroatoms. The average molecular weight is 640 g/mol. The van der Waals surface area contributed by atoms with E-state index in [4.69, 9.17) is 0 Å². The van der Waals surface area contributed by atoms with Gasteiger partial charge in [-0.25, -0.2) is 0 Å². The number of nitrogens with zero attached hydrogens (tertiary/aromatic N) is 2. The number of likely N-dealkylation sites (N-methyl/N-ethyl adjacent to an activating group) is 1. The van der Waals surface area contributed by atoms with Crippen molar-refractivity contribution in [1.29, 1.82) is 5.26 Å². The summed E-state index contributed by atoms with van der Waals surface area (Å²) in [5, 5.41) is 16.5. The first kappa shape index (κ1) is 35.5. The van der Waals surface area contributed by atoms with Crippen LogP contribution in [0.2, 0.25) is 0 Å². The number of hydrogen-bond donors (Lipinski definition) is 3. The van der Waals surface area contributed by atoms with Crippen molar-refractivity contribution in [1.82, 2.24) is 20.9 Å². The highest BCUT2D eigenvalue weighted by Crippen LogP contribution is 2.64. The Kier molecular flexibility index (Phi) is 9.78. The van der Waals surface area contributed by atoms with Crippen LogP contribution < -0.4 is 16.0 Å². The van der Waals surface area contributed by atoms with Crippen molar-refractivity contribution in [3.63, 3.8) is 0 Å². The number of ether oxygens (including phenoxy) is 1. The van der Waals surface area contributed by atoms with Gasteiger partial charge in [-0.2, -0.15) is 31.6 Å². The fourth-order valence-electron chi connectivity index (χ4n) is 6.40. The number of carbonyl (C=O) groups is 4. The van der Waals surface area contributed by atoms with Crippen molar-refractivity contribution in [3.05, 3.63) is 0 Å². The van der Waals surface area contributed by atoms with Gasteiger partial charge in [-0.05, 0) is 70.8 Å². The normalized spacial score (nSPS) is 29.8. The van der Waals surface area contributed by atoms with E-state index in [2.05, 4.69) is 40.2 Å². The van der Waals surface area contributed by atoms with Gasteiger partial charge >= 0.3 is 18.3 Å². The van der Waals surface area contributed by atoms with Crippen LogP contribution in [0.15, 0.2) is 0 Å². The van der Waals surface area contributed by atoms with E-state index in [0.717, 1.165) is 13.5 Å². The van der Waals surface area contributed by atoms with Crippen molar-refractivity contribution in [2.75, 3.05) is 13.6 Å². The lowest BCUT2D eigenvalue weighted by Gasteiger charge is -2.27. The standard InChI is InChI=1S/C18H28N4O2.C10H11F6NO3/c1-17(2)7-10(15(23)21-17)6-11(8-19)20-16(24)14-13-12(9-22(14)5)18(13,3)4;1-5(20-8(2-3-8)10(14,15)16)6(4-18)17-7(19)9(11,12)13/h10-14H,6-7,9H2,1-5H3,(H,20,24)(H,21,23);4-6H,2-3H2,1H3,(H,17,19). The van der Waals surface area contributed by atoms with Crippen LogP contribution in [0.25, 0.3) is 0 Å². The Morgan fingerprint density at radius 2 is 1.75 bits per heavy atom. The van der Waals surface area contributed by atoms with Gasteiger partial charge < -0.3 is 25.5 Å². The second-order valence-corrected chi connectivity index (χ2v) is 13.5. The topological polar surface area (TPSA) is 141 Å². The molecule has 248 valence electrons. The van der Waals surface area contributed by atoms with Crippen LogP contribution in [-0.4, -0.2) is 90.2 Å². The second kappa shape index (κ2) is 12.1. The number of aldehydes is 1. The maximum Gasteiger partial charge on any atom is 0.471 e. The minimum atomic E-state index is -5.23. The summed E-state index contributed by atoms with van der Waals surface area (Å²) in [5.41, 5.74) is -2.45. The number of rotatable bonds is 9. The third kappa shape index (κ3) is 7.64.